The van der Waals surface area contributed by atoms with Crippen LogP contribution in [0.4, 0.5) is 0 Å². The maximum absolute atomic E-state index is 12.3. The first-order chi connectivity index (χ1) is 9.67. The summed E-state index contributed by atoms with van der Waals surface area (Å²) in [5.41, 5.74) is 6.08. The van der Waals surface area contributed by atoms with Gasteiger partial charge < -0.3 is 25.7 Å². The molecule has 1 saturated heterocycles. The summed E-state index contributed by atoms with van der Waals surface area (Å²) in [6.07, 6.45) is 1.36. The van der Waals surface area contributed by atoms with Gasteiger partial charge in [0.2, 0.25) is 0 Å². The number of nitrogens with two attached hydrogens (primary N) is 1. The third-order valence-electron chi connectivity index (χ3n) is 3.09. The number of carbonyl (C=O) groups is 1. The number of hydrogen-bond acceptors (Lipinski definition) is 6. The molecule has 0 bridgehead atoms. The first-order valence-corrected chi connectivity index (χ1v) is 6.11. The van der Waals surface area contributed by atoms with Gasteiger partial charge in [0.1, 0.15) is 5.69 Å². The van der Waals surface area contributed by atoms with Crippen LogP contribution in [0.25, 0.3) is 0 Å². The number of morpholine rings is 1. The van der Waals surface area contributed by atoms with Crippen molar-refractivity contribution in [1.82, 2.24) is 9.88 Å². The van der Waals surface area contributed by atoms with Crippen LogP contribution in [0.15, 0.2) is 23.5 Å². The topological polar surface area (TPSA) is 121 Å². The minimum Gasteiger partial charge on any atom is -0.409 e. The van der Waals surface area contributed by atoms with E-state index in [0.717, 1.165) is 0 Å². The van der Waals surface area contributed by atoms with Crippen LogP contribution < -0.4 is 5.73 Å². The second-order valence-corrected chi connectivity index (χ2v) is 4.33. The minimum absolute atomic E-state index is 0.0730. The van der Waals surface area contributed by atoms with Crippen molar-refractivity contribution >= 4 is 11.7 Å². The lowest BCUT2D eigenvalue weighted by atomic mass is 10.2. The lowest BCUT2D eigenvalue weighted by Gasteiger charge is -2.34. The summed E-state index contributed by atoms with van der Waals surface area (Å²) >= 11 is 0. The van der Waals surface area contributed by atoms with E-state index in [1.807, 2.05) is 0 Å². The molecule has 1 unspecified atom stereocenters. The first kappa shape index (κ1) is 14.2. The third kappa shape index (κ3) is 2.86. The average Bonchev–Trinajstić information content (AvgIpc) is 2.53. The van der Waals surface area contributed by atoms with Gasteiger partial charge in [0.05, 0.1) is 25.9 Å². The van der Waals surface area contributed by atoms with Crippen molar-refractivity contribution in [2.24, 2.45) is 10.9 Å². The van der Waals surface area contributed by atoms with Crippen molar-refractivity contribution in [3.8, 4) is 0 Å². The van der Waals surface area contributed by atoms with Crippen LogP contribution in [0.1, 0.15) is 16.1 Å². The molecule has 20 heavy (non-hydrogen) atoms. The molecule has 8 nitrogen and oxygen atoms in total. The zero-order valence-corrected chi connectivity index (χ0v) is 10.8. The lowest BCUT2D eigenvalue weighted by molar-refractivity contribution is -0.0186. The maximum atomic E-state index is 12.3. The highest BCUT2D eigenvalue weighted by atomic mass is 16.5. The number of amides is 1. The number of aliphatic hydroxyl groups excluding tert-OH is 1. The van der Waals surface area contributed by atoms with Crippen LogP contribution in [0.2, 0.25) is 0 Å². The number of hydrogen-bond donors (Lipinski definition) is 3. The Bertz CT molecular complexity index is 503. The van der Waals surface area contributed by atoms with E-state index in [1.165, 1.54) is 17.2 Å². The van der Waals surface area contributed by atoms with Gasteiger partial charge in [-0.1, -0.05) is 5.16 Å². The number of oxime groups is 1. The Hall–Kier alpha value is -2.19. The smallest absolute Gasteiger partial charge is 0.272 e. The summed E-state index contributed by atoms with van der Waals surface area (Å²) < 4.78 is 5.22. The Kier molecular flexibility index (Phi) is 4.49. The van der Waals surface area contributed by atoms with Crippen molar-refractivity contribution in [2.75, 3.05) is 26.4 Å². The quantitative estimate of drug-likeness (QED) is 0.283. The van der Waals surface area contributed by atoms with Crippen molar-refractivity contribution < 1.29 is 19.8 Å². The molecular weight excluding hydrogens is 264 g/mol. The minimum atomic E-state index is -0.359. The van der Waals surface area contributed by atoms with Crippen LogP contribution in [0, 0.1) is 0 Å². The molecule has 2 rings (SSSR count). The summed E-state index contributed by atoms with van der Waals surface area (Å²) in [6.45, 7) is 0.997. The van der Waals surface area contributed by atoms with Gasteiger partial charge in [0.25, 0.3) is 5.91 Å². The molecule has 0 radical (unpaired) electrons. The normalized spacial score (nSPS) is 19.9. The maximum Gasteiger partial charge on any atom is 0.272 e. The Morgan fingerprint density at radius 3 is 3.00 bits per heavy atom. The fourth-order valence-corrected chi connectivity index (χ4v) is 1.95. The molecule has 0 saturated carbocycles. The van der Waals surface area contributed by atoms with Crippen LogP contribution in [0.3, 0.4) is 0 Å². The SMILES string of the molecule is N/C(=N/O)c1ccc(C(=O)N2CCOCC2CO)nc1. The van der Waals surface area contributed by atoms with Gasteiger partial charge in [0, 0.05) is 18.3 Å². The fraction of sp³-hybridized carbons (Fsp3) is 0.417. The molecule has 1 aliphatic heterocycles. The highest BCUT2D eigenvalue weighted by molar-refractivity contribution is 5.98. The number of rotatable bonds is 3. The van der Waals surface area contributed by atoms with Crippen molar-refractivity contribution in [1.29, 1.82) is 0 Å². The van der Waals surface area contributed by atoms with Crippen LogP contribution in [-0.4, -0.2) is 64.3 Å². The molecule has 1 aromatic rings. The fourth-order valence-electron chi connectivity index (χ4n) is 1.95. The molecule has 0 aliphatic carbocycles. The van der Waals surface area contributed by atoms with Gasteiger partial charge in [0.15, 0.2) is 5.84 Å². The van der Waals surface area contributed by atoms with Gasteiger partial charge in [-0.15, -0.1) is 0 Å². The van der Waals surface area contributed by atoms with Crippen molar-refractivity contribution in [3.05, 3.63) is 29.6 Å². The highest BCUT2D eigenvalue weighted by Gasteiger charge is 2.28. The number of ether oxygens (including phenoxy) is 1. The molecule has 8 heteroatoms. The summed E-state index contributed by atoms with van der Waals surface area (Å²) in [7, 11) is 0. The summed E-state index contributed by atoms with van der Waals surface area (Å²) in [5.74, 6) is -0.352. The number of amidine groups is 1. The largest absolute Gasteiger partial charge is 0.409 e. The van der Waals surface area contributed by atoms with Gasteiger partial charge in [-0.25, -0.2) is 0 Å². The molecule has 1 fully saturated rings. The monoisotopic (exact) mass is 280 g/mol. The number of aromatic nitrogens is 1. The second-order valence-electron chi connectivity index (χ2n) is 4.33. The van der Waals surface area contributed by atoms with Crippen LogP contribution >= 0.6 is 0 Å². The van der Waals surface area contributed by atoms with Crippen LogP contribution in [-0.2, 0) is 4.74 Å². The summed E-state index contributed by atoms with van der Waals surface area (Å²) in [4.78, 5) is 17.8. The molecular formula is C12H16N4O4. The van der Waals surface area contributed by atoms with Crippen molar-refractivity contribution in [2.45, 2.75) is 6.04 Å². The number of carbonyl (C=O) groups excluding carboxylic acids is 1. The Morgan fingerprint density at radius 2 is 2.40 bits per heavy atom. The zero-order chi connectivity index (χ0) is 14.5. The van der Waals surface area contributed by atoms with E-state index in [9.17, 15) is 9.90 Å². The number of nitrogens with zero attached hydrogens (tertiary/aromatic N) is 3. The molecule has 2 heterocycles. The Balaban J connectivity index is 2.16. The van der Waals surface area contributed by atoms with Crippen molar-refractivity contribution in [3.63, 3.8) is 0 Å². The molecule has 1 aromatic heterocycles. The van der Waals surface area contributed by atoms with E-state index in [0.29, 0.717) is 25.3 Å². The molecule has 1 aliphatic rings. The van der Waals surface area contributed by atoms with Crippen LogP contribution in [0.5, 0.6) is 0 Å². The predicted octanol–water partition coefficient (Wildman–Crippen LogP) is -0.991. The third-order valence-corrected chi connectivity index (χ3v) is 3.09. The van der Waals surface area contributed by atoms with E-state index in [-0.39, 0.29) is 30.1 Å². The van der Waals surface area contributed by atoms with Gasteiger partial charge >= 0.3 is 0 Å². The Morgan fingerprint density at radius 1 is 1.60 bits per heavy atom. The standard InChI is InChI=1S/C12H16N4O4/c13-11(15-19)8-1-2-10(14-5-8)12(18)16-3-4-20-7-9(16)6-17/h1-2,5,9,17,19H,3-4,6-7H2,(H2,13,15). The van der Waals surface area contributed by atoms with Gasteiger partial charge in [-0.3, -0.25) is 9.78 Å². The number of aliphatic hydroxyl groups is 1. The summed E-state index contributed by atoms with van der Waals surface area (Å²) in [5, 5.41) is 20.7. The van der Waals surface area contributed by atoms with E-state index >= 15 is 0 Å². The van der Waals surface area contributed by atoms with E-state index in [1.54, 1.807) is 6.07 Å². The molecule has 4 N–H and O–H groups in total. The first-order valence-electron chi connectivity index (χ1n) is 6.11. The Labute approximate surface area is 115 Å². The van der Waals surface area contributed by atoms with E-state index in [4.69, 9.17) is 15.7 Å². The van der Waals surface area contributed by atoms with E-state index < -0.39 is 0 Å². The lowest BCUT2D eigenvalue weighted by Crippen LogP contribution is -2.50. The predicted molar refractivity (Wildman–Crippen MR) is 69.5 cm³/mol. The number of pyridine rings is 1. The molecule has 1 atom stereocenters. The molecule has 108 valence electrons. The average molecular weight is 280 g/mol. The molecule has 1 amide bonds. The van der Waals surface area contributed by atoms with Gasteiger partial charge in [-0.05, 0) is 12.1 Å². The summed E-state index contributed by atoms with van der Waals surface area (Å²) in [6, 6.07) is 2.69. The second kappa shape index (κ2) is 6.31. The zero-order valence-electron chi connectivity index (χ0n) is 10.8. The van der Waals surface area contributed by atoms with Gasteiger partial charge in [-0.2, -0.15) is 0 Å². The highest BCUT2D eigenvalue weighted by Crippen LogP contribution is 2.11. The molecule has 0 spiro atoms. The molecule has 0 aromatic carbocycles. The van der Waals surface area contributed by atoms with E-state index in [2.05, 4.69) is 10.1 Å².